The molecule has 3 aliphatic carbocycles. The largest absolute Gasteiger partial charge is 0.411 e. The molecule has 1 N–H and O–H groups in total. The van der Waals surface area contributed by atoms with Crippen LogP contribution in [-0.4, -0.2) is 11.4 Å². The Morgan fingerprint density at radius 3 is 2.64 bits per heavy atom. The molecule has 0 unspecified atom stereocenters. The maximum absolute atomic E-state index is 9.15. The molecule has 0 saturated heterocycles. The predicted octanol–water partition coefficient (Wildman–Crippen LogP) is 5.58. The quantitative estimate of drug-likeness (QED) is 0.307. The number of oxime groups is 1. The number of allylic oxidation sites excluding steroid dienone is 3. The average molecular weight is 301 g/mol. The van der Waals surface area contributed by atoms with Gasteiger partial charge in [-0.2, -0.15) is 0 Å². The Labute approximate surface area is 135 Å². The van der Waals surface area contributed by atoms with Crippen molar-refractivity contribution in [2.75, 3.05) is 0 Å². The normalized spacial score (nSPS) is 48.4. The molecule has 2 saturated carbocycles. The molecular formula is C20H31NO. The summed E-state index contributed by atoms with van der Waals surface area (Å²) in [5.41, 5.74) is 2.25. The topological polar surface area (TPSA) is 32.6 Å². The summed E-state index contributed by atoms with van der Waals surface area (Å²) in [6.07, 6.45) is 15.2. The zero-order valence-corrected chi connectivity index (χ0v) is 14.4. The van der Waals surface area contributed by atoms with Crippen LogP contribution in [0.3, 0.4) is 0 Å². The van der Waals surface area contributed by atoms with Crippen LogP contribution < -0.4 is 0 Å². The molecule has 5 atom stereocenters. The van der Waals surface area contributed by atoms with Crippen molar-refractivity contribution in [2.24, 2.45) is 33.2 Å². The van der Waals surface area contributed by atoms with Crippen molar-refractivity contribution >= 4 is 6.21 Å². The molecular weight excluding hydrogens is 270 g/mol. The van der Waals surface area contributed by atoms with Crippen molar-refractivity contribution < 1.29 is 5.21 Å². The fourth-order valence-corrected chi connectivity index (χ4v) is 6.10. The van der Waals surface area contributed by atoms with E-state index >= 15 is 0 Å². The zero-order valence-electron chi connectivity index (χ0n) is 14.4. The second-order valence-electron chi connectivity index (χ2n) is 8.61. The molecule has 0 aromatic carbocycles. The molecule has 2 nitrogen and oxygen atoms in total. The van der Waals surface area contributed by atoms with Crippen molar-refractivity contribution in [3.8, 4) is 0 Å². The van der Waals surface area contributed by atoms with E-state index in [1.54, 1.807) is 5.57 Å². The fourth-order valence-electron chi connectivity index (χ4n) is 6.10. The Bertz CT molecular complexity index is 522. The molecule has 0 aromatic rings. The molecule has 0 spiro atoms. The Balaban J connectivity index is 2.02. The first-order valence-corrected chi connectivity index (χ1v) is 8.92. The van der Waals surface area contributed by atoms with E-state index in [0.717, 1.165) is 6.42 Å². The van der Waals surface area contributed by atoms with Crippen molar-refractivity contribution in [1.82, 2.24) is 0 Å². The number of nitrogens with zero attached hydrogens (tertiary/aromatic N) is 1. The summed E-state index contributed by atoms with van der Waals surface area (Å²) >= 11 is 0. The Kier molecular flexibility index (Phi) is 3.78. The highest BCUT2D eigenvalue weighted by molar-refractivity contribution is 5.66. The van der Waals surface area contributed by atoms with E-state index in [1.807, 2.05) is 6.21 Å². The van der Waals surface area contributed by atoms with Crippen molar-refractivity contribution in [1.29, 1.82) is 0 Å². The smallest absolute Gasteiger partial charge is 0.0498 e. The molecule has 0 bridgehead atoms. The third-order valence-corrected chi connectivity index (χ3v) is 7.42. The monoisotopic (exact) mass is 301 g/mol. The van der Waals surface area contributed by atoms with Gasteiger partial charge < -0.3 is 5.21 Å². The van der Waals surface area contributed by atoms with Gasteiger partial charge in [0.05, 0.1) is 0 Å². The van der Waals surface area contributed by atoms with Gasteiger partial charge >= 0.3 is 0 Å². The first kappa shape index (κ1) is 15.8. The molecule has 0 heterocycles. The molecule has 3 rings (SSSR count). The van der Waals surface area contributed by atoms with Crippen LogP contribution in [0.4, 0.5) is 0 Å². The summed E-state index contributed by atoms with van der Waals surface area (Å²) in [6, 6.07) is 0. The summed E-state index contributed by atoms with van der Waals surface area (Å²) in [6.45, 7) is 11.3. The van der Waals surface area contributed by atoms with Crippen LogP contribution >= 0.6 is 0 Å². The van der Waals surface area contributed by atoms with Crippen LogP contribution in [0, 0.1) is 28.1 Å². The van der Waals surface area contributed by atoms with E-state index < -0.39 is 0 Å². The second kappa shape index (κ2) is 5.25. The van der Waals surface area contributed by atoms with Gasteiger partial charge in [-0.05, 0) is 61.2 Å². The van der Waals surface area contributed by atoms with Gasteiger partial charge in [-0.1, -0.05) is 44.9 Å². The standard InChI is InChI=1S/C20H31NO/c1-5-18(2)11-6-8-16-15(18)9-10-17-19(3,14-21-22)12-7-13-20(16,17)4/h5,8,14-15,17,22H,1,6-7,9-13H2,2-4H3/b21-14+/t15-,17-,18+,19+,20+/m1/s1. The van der Waals surface area contributed by atoms with Crippen LogP contribution in [0.15, 0.2) is 29.5 Å². The first-order chi connectivity index (χ1) is 10.4. The molecule has 122 valence electrons. The van der Waals surface area contributed by atoms with Gasteiger partial charge in [-0.15, -0.1) is 11.7 Å². The van der Waals surface area contributed by atoms with Gasteiger partial charge in [-0.25, -0.2) is 0 Å². The van der Waals surface area contributed by atoms with Crippen molar-refractivity contribution in [3.63, 3.8) is 0 Å². The van der Waals surface area contributed by atoms with Gasteiger partial charge in [0.1, 0.15) is 0 Å². The van der Waals surface area contributed by atoms with E-state index in [-0.39, 0.29) is 16.2 Å². The van der Waals surface area contributed by atoms with Gasteiger partial charge in [0, 0.05) is 11.6 Å². The van der Waals surface area contributed by atoms with E-state index in [9.17, 15) is 0 Å². The van der Waals surface area contributed by atoms with Gasteiger partial charge in [0.25, 0.3) is 0 Å². The van der Waals surface area contributed by atoms with Crippen molar-refractivity contribution in [2.45, 2.75) is 65.7 Å². The maximum atomic E-state index is 9.15. The lowest BCUT2D eigenvalue weighted by Gasteiger charge is -2.59. The van der Waals surface area contributed by atoms with E-state index in [4.69, 9.17) is 5.21 Å². The van der Waals surface area contributed by atoms with Crippen molar-refractivity contribution in [3.05, 3.63) is 24.3 Å². The molecule has 3 aliphatic rings. The summed E-state index contributed by atoms with van der Waals surface area (Å²) in [7, 11) is 0. The minimum atomic E-state index is 0.0373. The van der Waals surface area contributed by atoms with E-state index in [1.165, 1.54) is 38.5 Å². The van der Waals surface area contributed by atoms with Crippen LogP contribution in [0.2, 0.25) is 0 Å². The Morgan fingerprint density at radius 1 is 1.18 bits per heavy atom. The molecule has 0 radical (unpaired) electrons. The maximum Gasteiger partial charge on any atom is 0.0498 e. The lowest BCUT2D eigenvalue weighted by Crippen LogP contribution is -2.52. The Hall–Kier alpha value is -1.05. The third-order valence-electron chi connectivity index (χ3n) is 7.42. The minimum Gasteiger partial charge on any atom is -0.411 e. The third kappa shape index (κ3) is 2.10. The molecule has 0 amide bonds. The van der Waals surface area contributed by atoms with Crippen LogP contribution in [0.5, 0.6) is 0 Å². The first-order valence-electron chi connectivity index (χ1n) is 8.92. The van der Waals surface area contributed by atoms with Crippen LogP contribution in [0.25, 0.3) is 0 Å². The van der Waals surface area contributed by atoms with Gasteiger partial charge in [0.15, 0.2) is 0 Å². The van der Waals surface area contributed by atoms with Crippen LogP contribution in [0.1, 0.15) is 65.7 Å². The zero-order chi connectivity index (χ0) is 16.0. The molecule has 22 heavy (non-hydrogen) atoms. The number of rotatable bonds is 2. The minimum absolute atomic E-state index is 0.0373. The number of fused-ring (bicyclic) bond motifs is 3. The lowest BCUT2D eigenvalue weighted by molar-refractivity contribution is 0.000935. The number of hydrogen-bond donors (Lipinski definition) is 1. The SMILES string of the molecule is C=C[C@@]1(C)CCC=C2[C@H]1CC[C@H]1[C@@]2(C)CCC[C@@]1(C)/C=N/O. The Morgan fingerprint density at radius 2 is 1.95 bits per heavy atom. The van der Waals surface area contributed by atoms with Gasteiger partial charge in [-0.3, -0.25) is 0 Å². The average Bonchev–Trinajstić information content (AvgIpc) is 2.48. The second-order valence-corrected chi connectivity index (χ2v) is 8.61. The summed E-state index contributed by atoms with van der Waals surface area (Å²) in [5, 5.41) is 12.6. The van der Waals surface area contributed by atoms with E-state index in [0.29, 0.717) is 11.8 Å². The number of hydrogen-bond acceptors (Lipinski definition) is 2. The molecule has 2 heteroatoms. The van der Waals surface area contributed by atoms with E-state index in [2.05, 4.69) is 44.7 Å². The predicted molar refractivity (Wildman–Crippen MR) is 92.2 cm³/mol. The highest BCUT2D eigenvalue weighted by atomic mass is 16.4. The fraction of sp³-hybridized carbons (Fsp3) is 0.750. The summed E-state index contributed by atoms with van der Waals surface area (Å²) in [4.78, 5) is 0. The highest BCUT2D eigenvalue weighted by Crippen LogP contribution is 2.64. The summed E-state index contributed by atoms with van der Waals surface area (Å²) in [5.74, 6) is 1.26. The van der Waals surface area contributed by atoms with Crippen LogP contribution in [-0.2, 0) is 0 Å². The summed E-state index contributed by atoms with van der Waals surface area (Å²) < 4.78 is 0. The van der Waals surface area contributed by atoms with Gasteiger partial charge in [0.2, 0.25) is 0 Å². The highest BCUT2D eigenvalue weighted by Gasteiger charge is 2.56. The lowest BCUT2D eigenvalue weighted by atomic mass is 9.44. The molecule has 2 fully saturated rings. The molecule has 0 aliphatic heterocycles. The molecule has 0 aromatic heterocycles.